The monoisotopic (exact) mass is 425 g/mol. The number of hydrogen-bond acceptors (Lipinski definition) is 6. The van der Waals surface area contributed by atoms with Crippen LogP contribution in [0, 0.1) is 0 Å². The molecule has 2 aromatic carbocycles. The van der Waals surface area contributed by atoms with E-state index in [1.807, 2.05) is 41.2 Å². The maximum atomic E-state index is 13.5. The number of aliphatic hydroxyl groups is 1. The Morgan fingerprint density at radius 3 is 2.50 bits per heavy atom. The molecule has 0 bridgehead atoms. The third kappa shape index (κ3) is 3.42. The number of para-hydroxylation sites is 1. The van der Waals surface area contributed by atoms with Crippen molar-refractivity contribution in [2.45, 2.75) is 17.8 Å². The second-order valence-electron chi connectivity index (χ2n) is 6.86. The summed E-state index contributed by atoms with van der Waals surface area (Å²) in [6, 6.07) is 13.2. The molecule has 0 unspecified atom stereocenters. The van der Waals surface area contributed by atoms with Gasteiger partial charge in [0.2, 0.25) is 0 Å². The third-order valence-corrected chi connectivity index (χ3v) is 5.88. The smallest absolute Gasteiger partial charge is 0.272 e. The predicted octanol–water partition coefficient (Wildman–Crippen LogP) is 3.30. The zero-order valence-corrected chi connectivity index (χ0v) is 17.8. The van der Waals surface area contributed by atoms with Gasteiger partial charge in [-0.05, 0) is 30.5 Å². The number of fused-ring (bicyclic) bond motifs is 1. The fraction of sp³-hybridized carbons (Fsp3) is 0.273. The highest BCUT2D eigenvalue weighted by Crippen LogP contribution is 2.39. The van der Waals surface area contributed by atoms with Crippen LogP contribution in [-0.4, -0.2) is 52.5 Å². The van der Waals surface area contributed by atoms with Gasteiger partial charge in [-0.15, -0.1) is 0 Å². The number of rotatable bonds is 5. The van der Waals surface area contributed by atoms with Crippen LogP contribution >= 0.6 is 11.8 Å². The van der Waals surface area contributed by atoms with E-state index in [4.69, 9.17) is 9.47 Å². The van der Waals surface area contributed by atoms with Crippen molar-refractivity contribution >= 4 is 17.7 Å². The number of amides is 1. The quantitative estimate of drug-likeness (QED) is 0.632. The Kier molecular flexibility index (Phi) is 5.69. The molecule has 2 heterocycles. The lowest BCUT2D eigenvalue weighted by atomic mass is 9.95. The molecule has 1 amide bonds. The predicted molar refractivity (Wildman–Crippen MR) is 115 cm³/mol. The minimum Gasteiger partial charge on any atom is -0.496 e. The summed E-state index contributed by atoms with van der Waals surface area (Å²) in [4.78, 5) is 19.5. The topological polar surface area (TPSA) is 76.8 Å². The standard InChI is InChI=1S/C22H23N3O4S/c1-28-18-9-10-19(29-2)20-15(18)12-24(13-17(20)26)21(27)16-11-23-22(30-3)25(16)14-7-5-4-6-8-14/h4-11,17,26H,12-13H2,1-3H3/t17-/m0/s1. The molecule has 1 N–H and O–H groups in total. The van der Waals surface area contributed by atoms with Gasteiger partial charge >= 0.3 is 0 Å². The molecule has 0 fully saturated rings. The molecule has 0 saturated heterocycles. The van der Waals surface area contributed by atoms with E-state index in [1.165, 1.54) is 11.8 Å². The van der Waals surface area contributed by atoms with E-state index in [1.54, 1.807) is 37.4 Å². The molecule has 1 aliphatic heterocycles. The summed E-state index contributed by atoms with van der Waals surface area (Å²) in [7, 11) is 3.14. The number of benzene rings is 2. The molecule has 1 aromatic heterocycles. The molecule has 0 spiro atoms. The SMILES string of the molecule is COc1ccc(OC)c2c1CN(C(=O)c1cnc(SC)n1-c1ccccc1)C[C@@H]2O. The van der Waals surface area contributed by atoms with Crippen LogP contribution in [0.25, 0.3) is 5.69 Å². The second-order valence-corrected chi connectivity index (χ2v) is 7.64. The lowest BCUT2D eigenvalue weighted by Gasteiger charge is -2.34. The third-order valence-electron chi connectivity index (χ3n) is 5.22. The van der Waals surface area contributed by atoms with Crippen molar-refractivity contribution in [2.24, 2.45) is 0 Å². The van der Waals surface area contributed by atoms with Crippen molar-refractivity contribution in [1.29, 1.82) is 0 Å². The number of imidazole rings is 1. The van der Waals surface area contributed by atoms with E-state index in [-0.39, 0.29) is 12.5 Å². The van der Waals surface area contributed by atoms with Gasteiger partial charge < -0.3 is 19.5 Å². The number of β-amino-alcohol motifs (C(OH)–C–C–N with tert-alkyl or cyclic N) is 1. The molecular formula is C22H23N3O4S. The van der Waals surface area contributed by atoms with Gasteiger partial charge in [0.05, 0.1) is 33.5 Å². The molecule has 30 heavy (non-hydrogen) atoms. The maximum absolute atomic E-state index is 13.5. The van der Waals surface area contributed by atoms with E-state index < -0.39 is 6.10 Å². The molecule has 0 aliphatic carbocycles. The van der Waals surface area contributed by atoms with Crippen LogP contribution in [0.15, 0.2) is 53.8 Å². The molecule has 3 aromatic rings. The van der Waals surface area contributed by atoms with Gasteiger partial charge in [-0.2, -0.15) is 0 Å². The molecule has 0 radical (unpaired) electrons. The number of aromatic nitrogens is 2. The Morgan fingerprint density at radius 1 is 1.13 bits per heavy atom. The van der Waals surface area contributed by atoms with E-state index in [0.29, 0.717) is 29.3 Å². The number of methoxy groups -OCH3 is 2. The van der Waals surface area contributed by atoms with Crippen LogP contribution in [-0.2, 0) is 6.54 Å². The first-order chi connectivity index (χ1) is 14.6. The second kappa shape index (κ2) is 8.41. The van der Waals surface area contributed by atoms with E-state index in [9.17, 15) is 9.90 Å². The van der Waals surface area contributed by atoms with Gasteiger partial charge in [0.25, 0.3) is 5.91 Å². The Hall–Kier alpha value is -2.97. The Morgan fingerprint density at radius 2 is 1.83 bits per heavy atom. The van der Waals surface area contributed by atoms with E-state index >= 15 is 0 Å². The summed E-state index contributed by atoms with van der Waals surface area (Å²) in [5.41, 5.74) is 2.73. The van der Waals surface area contributed by atoms with Crippen LogP contribution in [0.1, 0.15) is 27.7 Å². The molecular weight excluding hydrogens is 402 g/mol. The number of aliphatic hydroxyl groups excluding tert-OH is 1. The van der Waals surface area contributed by atoms with Crippen molar-refractivity contribution in [3.63, 3.8) is 0 Å². The number of carbonyl (C=O) groups excluding carboxylic acids is 1. The summed E-state index contributed by atoms with van der Waals surface area (Å²) < 4.78 is 12.8. The number of ether oxygens (including phenoxy) is 2. The largest absolute Gasteiger partial charge is 0.496 e. The zero-order valence-electron chi connectivity index (χ0n) is 17.0. The number of thioether (sulfide) groups is 1. The van der Waals surface area contributed by atoms with Crippen LogP contribution in [0.3, 0.4) is 0 Å². The van der Waals surface area contributed by atoms with Crippen LogP contribution in [0.4, 0.5) is 0 Å². The van der Waals surface area contributed by atoms with Gasteiger partial charge in [-0.1, -0.05) is 30.0 Å². The molecule has 1 atom stereocenters. The first kappa shape index (κ1) is 20.3. The Bertz CT molecular complexity index is 1070. The zero-order chi connectivity index (χ0) is 21.3. The summed E-state index contributed by atoms with van der Waals surface area (Å²) >= 11 is 1.47. The van der Waals surface area contributed by atoms with Gasteiger partial charge in [0.1, 0.15) is 23.3 Å². The average Bonchev–Trinajstić information content (AvgIpc) is 3.22. The minimum atomic E-state index is -0.879. The molecule has 4 rings (SSSR count). The van der Waals surface area contributed by atoms with Gasteiger partial charge in [-0.25, -0.2) is 4.98 Å². The van der Waals surface area contributed by atoms with E-state index in [0.717, 1.165) is 16.4 Å². The van der Waals surface area contributed by atoms with Crippen LogP contribution in [0.5, 0.6) is 11.5 Å². The maximum Gasteiger partial charge on any atom is 0.272 e. The van der Waals surface area contributed by atoms with Crippen LogP contribution < -0.4 is 9.47 Å². The summed E-state index contributed by atoms with van der Waals surface area (Å²) in [6.45, 7) is 0.462. The van der Waals surface area contributed by atoms with Gasteiger partial charge in [0.15, 0.2) is 5.16 Å². The van der Waals surface area contributed by atoms with Crippen molar-refractivity contribution < 1.29 is 19.4 Å². The fourth-order valence-corrected chi connectivity index (χ4v) is 4.39. The normalized spacial score (nSPS) is 15.6. The van der Waals surface area contributed by atoms with Crippen molar-refractivity contribution in [2.75, 3.05) is 27.0 Å². The van der Waals surface area contributed by atoms with E-state index in [2.05, 4.69) is 4.98 Å². The highest BCUT2D eigenvalue weighted by atomic mass is 32.2. The van der Waals surface area contributed by atoms with Crippen LogP contribution in [0.2, 0.25) is 0 Å². The number of carbonyl (C=O) groups is 1. The first-order valence-electron chi connectivity index (χ1n) is 9.47. The van der Waals surface area contributed by atoms with Gasteiger partial charge in [-0.3, -0.25) is 9.36 Å². The summed E-state index contributed by atoms with van der Waals surface area (Å²) in [6.07, 6.45) is 2.64. The summed E-state index contributed by atoms with van der Waals surface area (Å²) in [5, 5.41) is 11.6. The Labute approximate surface area is 179 Å². The number of nitrogens with zero attached hydrogens (tertiary/aromatic N) is 3. The molecule has 7 nitrogen and oxygen atoms in total. The molecule has 0 saturated carbocycles. The summed E-state index contributed by atoms with van der Waals surface area (Å²) in [5.74, 6) is 0.995. The fourth-order valence-electron chi connectivity index (χ4n) is 3.85. The van der Waals surface area contributed by atoms with Crippen molar-refractivity contribution in [1.82, 2.24) is 14.5 Å². The lowest BCUT2D eigenvalue weighted by Crippen LogP contribution is -2.39. The molecule has 8 heteroatoms. The molecule has 1 aliphatic rings. The minimum absolute atomic E-state index is 0.157. The lowest BCUT2D eigenvalue weighted by molar-refractivity contribution is 0.0531. The number of hydrogen-bond donors (Lipinski definition) is 1. The van der Waals surface area contributed by atoms with Gasteiger partial charge in [0, 0.05) is 16.8 Å². The highest BCUT2D eigenvalue weighted by molar-refractivity contribution is 7.98. The van der Waals surface area contributed by atoms with Crippen molar-refractivity contribution in [3.05, 3.63) is 65.5 Å². The van der Waals surface area contributed by atoms with Crippen molar-refractivity contribution in [3.8, 4) is 17.2 Å². The molecule has 156 valence electrons. The highest BCUT2D eigenvalue weighted by Gasteiger charge is 2.33. The first-order valence-corrected chi connectivity index (χ1v) is 10.7. The average molecular weight is 426 g/mol. The Balaban J connectivity index is 1.74.